The molecular weight excluding hydrogens is 228 g/mol. The molecular formula is C15H20O3. The topological polar surface area (TPSA) is 46.5 Å². The highest BCUT2D eigenvalue weighted by Crippen LogP contribution is 2.21. The number of carboxylic acids is 1. The normalized spacial score (nSPS) is 13.2. The molecule has 0 saturated heterocycles. The first-order valence-electron chi connectivity index (χ1n) is 6.17. The van der Waals surface area contributed by atoms with Crippen molar-refractivity contribution in [1.29, 1.82) is 0 Å². The smallest absolute Gasteiger partial charge is 0.331 e. The van der Waals surface area contributed by atoms with Gasteiger partial charge in [-0.1, -0.05) is 26.0 Å². The fourth-order valence-corrected chi connectivity index (χ4v) is 1.48. The summed E-state index contributed by atoms with van der Waals surface area (Å²) in [5.74, 6) is 0.399. The van der Waals surface area contributed by atoms with Crippen LogP contribution in [0, 0.1) is 0 Å². The maximum Gasteiger partial charge on any atom is 0.331 e. The summed E-state index contributed by atoms with van der Waals surface area (Å²) >= 11 is 0. The van der Waals surface area contributed by atoms with Crippen LogP contribution in [0.3, 0.4) is 0 Å². The maximum atomic E-state index is 10.6. The van der Waals surface area contributed by atoms with Gasteiger partial charge in [0.05, 0.1) is 0 Å². The van der Waals surface area contributed by atoms with Gasteiger partial charge in [0.2, 0.25) is 0 Å². The molecule has 0 aliphatic heterocycles. The summed E-state index contributed by atoms with van der Waals surface area (Å²) in [6.07, 6.45) is 2.67. The second-order valence-electron chi connectivity index (χ2n) is 4.38. The van der Waals surface area contributed by atoms with E-state index in [1.54, 1.807) is 13.0 Å². The van der Waals surface area contributed by atoms with E-state index in [1.807, 2.05) is 12.1 Å². The Kier molecular flexibility index (Phi) is 5.43. The first-order chi connectivity index (χ1) is 8.54. The highest BCUT2D eigenvalue weighted by molar-refractivity contribution is 5.85. The molecule has 0 spiro atoms. The van der Waals surface area contributed by atoms with Gasteiger partial charge in [-0.3, -0.25) is 0 Å². The average Bonchev–Trinajstić information content (AvgIpc) is 2.38. The van der Waals surface area contributed by atoms with Crippen LogP contribution < -0.4 is 4.74 Å². The Morgan fingerprint density at radius 1 is 1.39 bits per heavy atom. The minimum Gasteiger partial charge on any atom is -0.490 e. The van der Waals surface area contributed by atoms with E-state index < -0.39 is 5.97 Å². The first kappa shape index (κ1) is 14.3. The van der Waals surface area contributed by atoms with Crippen LogP contribution in [-0.2, 0) is 4.79 Å². The third kappa shape index (κ3) is 4.24. The zero-order valence-corrected chi connectivity index (χ0v) is 11.1. The fourth-order valence-electron chi connectivity index (χ4n) is 1.48. The molecule has 1 rings (SSSR count). The van der Waals surface area contributed by atoms with Crippen molar-refractivity contribution in [2.24, 2.45) is 0 Å². The predicted molar refractivity (Wildman–Crippen MR) is 72.0 cm³/mol. The van der Waals surface area contributed by atoms with E-state index in [0.29, 0.717) is 11.5 Å². The Labute approximate surface area is 108 Å². The molecule has 1 unspecified atom stereocenters. The van der Waals surface area contributed by atoms with Crippen LogP contribution in [0.4, 0.5) is 0 Å². The number of aliphatic carboxylic acids is 1. The molecule has 1 N–H and O–H groups in total. The molecule has 18 heavy (non-hydrogen) atoms. The lowest BCUT2D eigenvalue weighted by Crippen LogP contribution is -2.01. The summed E-state index contributed by atoms with van der Waals surface area (Å²) in [7, 11) is 0. The number of benzene rings is 1. The van der Waals surface area contributed by atoms with Crippen molar-refractivity contribution in [1.82, 2.24) is 0 Å². The van der Waals surface area contributed by atoms with Crippen LogP contribution in [0.15, 0.2) is 35.9 Å². The van der Waals surface area contributed by atoms with Gasteiger partial charge in [-0.25, -0.2) is 4.79 Å². The molecule has 0 radical (unpaired) electrons. The largest absolute Gasteiger partial charge is 0.490 e. The second-order valence-corrected chi connectivity index (χ2v) is 4.38. The van der Waals surface area contributed by atoms with Gasteiger partial charge in [0.15, 0.2) is 0 Å². The van der Waals surface area contributed by atoms with Crippen molar-refractivity contribution in [3.8, 4) is 5.75 Å². The summed E-state index contributed by atoms with van der Waals surface area (Å²) < 4.78 is 5.46. The Morgan fingerprint density at radius 3 is 2.50 bits per heavy atom. The fraction of sp³-hybridized carbons (Fsp3) is 0.400. The molecule has 1 atom stereocenters. The van der Waals surface area contributed by atoms with Crippen LogP contribution in [0.5, 0.6) is 5.75 Å². The molecule has 1 aromatic rings. The Morgan fingerprint density at radius 2 is 2.00 bits per heavy atom. The number of ether oxygens (including phenoxy) is 1. The lowest BCUT2D eigenvalue weighted by Gasteiger charge is -2.10. The number of carbonyl (C=O) groups is 1. The van der Waals surface area contributed by atoms with Crippen LogP contribution in [0.1, 0.15) is 38.7 Å². The SMILES string of the molecule is CCC(C)c1ccc(OC/C=C(/C)C(=O)O)cc1. The quantitative estimate of drug-likeness (QED) is 0.782. The molecule has 0 aromatic heterocycles. The van der Waals surface area contributed by atoms with Gasteiger partial charge in [0.1, 0.15) is 12.4 Å². The Bertz CT molecular complexity index is 418. The third-order valence-corrected chi connectivity index (χ3v) is 3.04. The van der Waals surface area contributed by atoms with E-state index in [0.717, 1.165) is 12.2 Å². The third-order valence-electron chi connectivity index (χ3n) is 3.04. The van der Waals surface area contributed by atoms with Gasteiger partial charge in [-0.05, 0) is 43.0 Å². The summed E-state index contributed by atoms with van der Waals surface area (Å²) in [5, 5.41) is 8.68. The standard InChI is InChI=1S/C15H20O3/c1-4-11(2)13-5-7-14(8-6-13)18-10-9-12(3)15(16)17/h5-9,11H,4,10H2,1-3H3,(H,16,17)/b12-9-. The zero-order valence-electron chi connectivity index (χ0n) is 11.1. The maximum absolute atomic E-state index is 10.6. The Balaban J connectivity index is 2.54. The number of carboxylic acid groups (broad SMARTS) is 1. The van der Waals surface area contributed by atoms with E-state index in [9.17, 15) is 4.79 Å². The summed E-state index contributed by atoms with van der Waals surface area (Å²) in [4.78, 5) is 10.6. The lowest BCUT2D eigenvalue weighted by molar-refractivity contribution is -0.132. The lowest BCUT2D eigenvalue weighted by atomic mass is 9.99. The van der Waals surface area contributed by atoms with E-state index in [-0.39, 0.29) is 6.61 Å². The van der Waals surface area contributed by atoms with Gasteiger partial charge >= 0.3 is 5.97 Å². The van der Waals surface area contributed by atoms with Crippen LogP contribution in [0.25, 0.3) is 0 Å². The van der Waals surface area contributed by atoms with E-state index in [1.165, 1.54) is 5.56 Å². The van der Waals surface area contributed by atoms with E-state index >= 15 is 0 Å². The van der Waals surface area contributed by atoms with Gasteiger partial charge in [0, 0.05) is 5.57 Å². The highest BCUT2D eigenvalue weighted by atomic mass is 16.5. The zero-order chi connectivity index (χ0) is 13.5. The van der Waals surface area contributed by atoms with Gasteiger partial charge in [0.25, 0.3) is 0 Å². The summed E-state index contributed by atoms with van der Waals surface area (Å²) in [6.45, 7) is 6.18. The van der Waals surface area contributed by atoms with Crippen molar-refractivity contribution >= 4 is 5.97 Å². The van der Waals surface area contributed by atoms with Crippen LogP contribution in [-0.4, -0.2) is 17.7 Å². The van der Waals surface area contributed by atoms with Gasteiger partial charge in [-0.2, -0.15) is 0 Å². The number of hydrogen-bond donors (Lipinski definition) is 1. The van der Waals surface area contributed by atoms with Crippen molar-refractivity contribution in [2.75, 3.05) is 6.61 Å². The molecule has 3 heteroatoms. The molecule has 0 fully saturated rings. The predicted octanol–water partition coefficient (Wildman–Crippen LogP) is 3.61. The van der Waals surface area contributed by atoms with Crippen molar-refractivity contribution < 1.29 is 14.6 Å². The molecule has 1 aromatic carbocycles. The molecule has 3 nitrogen and oxygen atoms in total. The van der Waals surface area contributed by atoms with Crippen molar-refractivity contribution in [2.45, 2.75) is 33.1 Å². The average molecular weight is 248 g/mol. The van der Waals surface area contributed by atoms with E-state index in [2.05, 4.69) is 26.0 Å². The number of rotatable bonds is 6. The molecule has 0 aliphatic rings. The van der Waals surface area contributed by atoms with E-state index in [4.69, 9.17) is 9.84 Å². The minimum atomic E-state index is -0.911. The second kappa shape index (κ2) is 6.84. The summed E-state index contributed by atoms with van der Waals surface area (Å²) in [6, 6.07) is 7.95. The molecule has 0 aliphatic carbocycles. The molecule has 0 amide bonds. The first-order valence-corrected chi connectivity index (χ1v) is 6.17. The summed E-state index contributed by atoms with van der Waals surface area (Å²) in [5.41, 5.74) is 1.59. The minimum absolute atomic E-state index is 0.279. The highest BCUT2D eigenvalue weighted by Gasteiger charge is 2.03. The van der Waals surface area contributed by atoms with Crippen molar-refractivity contribution in [3.63, 3.8) is 0 Å². The van der Waals surface area contributed by atoms with Crippen molar-refractivity contribution in [3.05, 3.63) is 41.5 Å². The molecule has 98 valence electrons. The number of hydrogen-bond acceptors (Lipinski definition) is 2. The van der Waals surface area contributed by atoms with Crippen LogP contribution in [0.2, 0.25) is 0 Å². The molecule has 0 bridgehead atoms. The molecule has 0 heterocycles. The Hall–Kier alpha value is -1.77. The monoisotopic (exact) mass is 248 g/mol. The van der Waals surface area contributed by atoms with Crippen LogP contribution >= 0.6 is 0 Å². The molecule has 0 saturated carbocycles. The van der Waals surface area contributed by atoms with Gasteiger partial charge < -0.3 is 9.84 Å². The van der Waals surface area contributed by atoms with Gasteiger partial charge in [-0.15, -0.1) is 0 Å².